The van der Waals surface area contributed by atoms with E-state index in [0.29, 0.717) is 30.5 Å². The lowest BCUT2D eigenvalue weighted by molar-refractivity contribution is -0.00728. The minimum Gasteiger partial charge on any atom is -0.475 e. The van der Waals surface area contributed by atoms with Crippen LogP contribution in [0.2, 0.25) is 0 Å². The highest BCUT2D eigenvalue weighted by atomic mass is 16.5. The van der Waals surface area contributed by atoms with E-state index in [9.17, 15) is 4.79 Å². The molecule has 1 fully saturated rings. The molecule has 0 radical (unpaired) electrons. The number of nitrogens with zero attached hydrogens (tertiary/aromatic N) is 1. The minimum atomic E-state index is -1.01. The van der Waals surface area contributed by atoms with E-state index in [0.717, 1.165) is 13.2 Å². The predicted octanol–water partition coefficient (Wildman–Crippen LogP) is 1.51. The quantitative estimate of drug-likeness (QED) is 0.866. The van der Waals surface area contributed by atoms with Gasteiger partial charge in [-0.1, -0.05) is 0 Å². The molecule has 1 unspecified atom stereocenters. The Morgan fingerprint density at radius 2 is 2.41 bits per heavy atom. The number of hydrogen-bond donors (Lipinski definition) is 1. The second-order valence-corrected chi connectivity index (χ2v) is 4.42. The molecule has 0 aliphatic carbocycles. The van der Waals surface area contributed by atoms with Crippen LogP contribution in [0.25, 0.3) is 0 Å². The predicted molar refractivity (Wildman–Crippen MR) is 61.1 cm³/mol. The number of carboxylic acids is 1. The number of rotatable bonds is 3. The Labute approximate surface area is 100.0 Å². The molecule has 0 saturated carbocycles. The first-order valence-corrected chi connectivity index (χ1v) is 5.72. The Kier molecular flexibility index (Phi) is 3.49. The summed E-state index contributed by atoms with van der Waals surface area (Å²) in [6, 6.07) is 2.13. The molecule has 0 amide bonds. The zero-order valence-corrected chi connectivity index (χ0v) is 10.1. The molecule has 1 aliphatic heterocycles. The number of ether oxygens (including phenoxy) is 1. The Balaban J connectivity index is 2.07. The Morgan fingerprint density at radius 3 is 3.00 bits per heavy atom. The van der Waals surface area contributed by atoms with E-state index in [2.05, 4.69) is 11.8 Å². The molecule has 1 saturated heterocycles. The van der Waals surface area contributed by atoms with Crippen molar-refractivity contribution >= 4 is 5.97 Å². The molecule has 1 aromatic rings. The van der Waals surface area contributed by atoms with Gasteiger partial charge in [-0.25, -0.2) is 4.79 Å². The highest BCUT2D eigenvalue weighted by molar-refractivity contribution is 5.86. The fourth-order valence-electron chi connectivity index (χ4n) is 2.03. The van der Waals surface area contributed by atoms with Crippen molar-refractivity contribution in [3.63, 3.8) is 0 Å². The molecule has 1 N–H and O–H groups in total. The van der Waals surface area contributed by atoms with Gasteiger partial charge in [-0.3, -0.25) is 4.90 Å². The lowest BCUT2D eigenvalue weighted by atomic mass is 10.2. The van der Waals surface area contributed by atoms with Crippen molar-refractivity contribution in [3.8, 4) is 0 Å². The Hall–Kier alpha value is -1.33. The van der Waals surface area contributed by atoms with Crippen molar-refractivity contribution in [2.24, 2.45) is 0 Å². The zero-order valence-electron chi connectivity index (χ0n) is 10.1. The summed E-state index contributed by atoms with van der Waals surface area (Å²) >= 11 is 0. The fourth-order valence-corrected chi connectivity index (χ4v) is 2.03. The first kappa shape index (κ1) is 12.1. The standard InChI is InChI=1S/C12H17NO4/c1-8-5-10(17-11(8)12(14)15)6-13-3-4-16-7-9(13)2/h5,9H,3-4,6-7H2,1-2H3,(H,14,15). The molecule has 1 aliphatic rings. The van der Waals surface area contributed by atoms with Crippen molar-refractivity contribution in [2.75, 3.05) is 19.8 Å². The number of aryl methyl sites for hydroxylation is 1. The number of morpholine rings is 1. The summed E-state index contributed by atoms with van der Waals surface area (Å²) in [7, 11) is 0. The number of hydrogen-bond acceptors (Lipinski definition) is 4. The van der Waals surface area contributed by atoms with E-state index in [4.69, 9.17) is 14.3 Å². The maximum atomic E-state index is 10.9. The average Bonchev–Trinajstić information content (AvgIpc) is 2.63. The Morgan fingerprint density at radius 1 is 1.65 bits per heavy atom. The van der Waals surface area contributed by atoms with Gasteiger partial charge in [0.15, 0.2) is 0 Å². The minimum absolute atomic E-state index is 0.0425. The van der Waals surface area contributed by atoms with E-state index in [1.807, 2.05) is 0 Å². The van der Waals surface area contributed by atoms with E-state index >= 15 is 0 Å². The first-order valence-electron chi connectivity index (χ1n) is 5.72. The van der Waals surface area contributed by atoms with Crippen LogP contribution < -0.4 is 0 Å². The van der Waals surface area contributed by atoms with Gasteiger partial charge < -0.3 is 14.3 Å². The van der Waals surface area contributed by atoms with Crippen LogP contribution in [0.5, 0.6) is 0 Å². The van der Waals surface area contributed by atoms with E-state index in [1.54, 1.807) is 13.0 Å². The van der Waals surface area contributed by atoms with Crippen molar-refractivity contribution in [2.45, 2.75) is 26.4 Å². The van der Waals surface area contributed by atoms with Crippen LogP contribution in [0.3, 0.4) is 0 Å². The number of furan rings is 1. The maximum Gasteiger partial charge on any atom is 0.372 e. The molecule has 2 heterocycles. The Bertz CT molecular complexity index is 413. The molecule has 0 aromatic carbocycles. The third kappa shape index (κ3) is 2.68. The van der Waals surface area contributed by atoms with Crippen LogP contribution in [0.4, 0.5) is 0 Å². The summed E-state index contributed by atoms with van der Waals surface area (Å²) in [5.41, 5.74) is 0.674. The molecular formula is C12H17NO4. The maximum absolute atomic E-state index is 10.9. The summed E-state index contributed by atoms with van der Waals surface area (Å²) in [6.07, 6.45) is 0. The van der Waals surface area contributed by atoms with Gasteiger partial charge in [-0.15, -0.1) is 0 Å². The molecule has 5 heteroatoms. The van der Waals surface area contributed by atoms with Crippen LogP contribution in [0.15, 0.2) is 10.5 Å². The normalized spacial score (nSPS) is 21.6. The lowest BCUT2D eigenvalue weighted by Crippen LogP contribution is -2.42. The molecule has 0 spiro atoms. The van der Waals surface area contributed by atoms with Gasteiger partial charge in [0, 0.05) is 18.2 Å². The lowest BCUT2D eigenvalue weighted by Gasteiger charge is -2.32. The van der Waals surface area contributed by atoms with Crippen LogP contribution in [0.1, 0.15) is 28.8 Å². The van der Waals surface area contributed by atoms with Gasteiger partial charge in [0.05, 0.1) is 19.8 Å². The van der Waals surface area contributed by atoms with Gasteiger partial charge in [0.1, 0.15) is 5.76 Å². The fraction of sp³-hybridized carbons (Fsp3) is 0.583. The zero-order chi connectivity index (χ0) is 12.4. The average molecular weight is 239 g/mol. The second kappa shape index (κ2) is 4.89. The molecule has 94 valence electrons. The highest BCUT2D eigenvalue weighted by Crippen LogP contribution is 2.18. The smallest absolute Gasteiger partial charge is 0.372 e. The summed E-state index contributed by atoms with van der Waals surface area (Å²) in [5.74, 6) is -0.265. The van der Waals surface area contributed by atoms with Crippen LogP contribution >= 0.6 is 0 Å². The van der Waals surface area contributed by atoms with Crippen molar-refractivity contribution in [3.05, 3.63) is 23.2 Å². The molecule has 1 aromatic heterocycles. The summed E-state index contributed by atoms with van der Waals surface area (Å²) in [6.45, 7) is 6.76. The van der Waals surface area contributed by atoms with Crippen LogP contribution in [-0.2, 0) is 11.3 Å². The third-order valence-corrected chi connectivity index (χ3v) is 3.03. The molecule has 17 heavy (non-hydrogen) atoms. The number of carbonyl (C=O) groups is 1. The van der Waals surface area contributed by atoms with Crippen LogP contribution in [0, 0.1) is 6.92 Å². The summed E-state index contributed by atoms with van der Waals surface area (Å²) in [4.78, 5) is 13.1. The number of carboxylic acid groups (broad SMARTS) is 1. The van der Waals surface area contributed by atoms with Gasteiger partial charge in [-0.05, 0) is 19.9 Å². The van der Waals surface area contributed by atoms with Crippen LogP contribution in [-0.4, -0.2) is 41.8 Å². The van der Waals surface area contributed by atoms with E-state index in [-0.39, 0.29) is 5.76 Å². The van der Waals surface area contributed by atoms with Gasteiger partial charge >= 0.3 is 5.97 Å². The molecule has 2 rings (SSSR count). The molecule has 1 atom stereocenters. The summed E-state index contributed by atoms with van der Waals surface area (Å²) < 4.78 is 10.7. The van der Waals surface area contributed by atoms with Gasteiger partial charge in [0.2, 0.25) is 5.76 Å². The first-order chi connectivity index (χ1) is 8.08. The van der Waals surface area contributed by atoms with Gasteiger partial charge in [0.25, 0.3) is 0 Å². The van der Waals surface area contributed by atoms with Gasteiger partial charge in [-0.2, -0.15) is 0 Å². The summed E-state index contributed by atoms with van der Waals surface area (Å²) in [5, 5.41) is 8.91. The third-order valence-electron chi connectivity index (χ3n) is 3.03. The van der Waals surface area contributed by atoms with E-state index in [1.165, 1.54) is 0 Å². The number of aromatic carboxylic acids is 1. The SMILES string of the molecule is Cc1cc(CN2CCOCC2C)oc1C(=O)O. The second-order valence-electron chi connectivity index (χ2n) is 4.42. The van der Waals surface area contributed by atoms with E-state index < -0.39 is 5.97 Å². The van der Waals surface area contributed by atoms with Crippen molar-refractivity contribution in [1.82, 2.24) is 4.90 Å². The van der Waals surface area contributed by atoms with Crippen molar-refractivity contribution in [1.29, 1.82) is 0 Å². The molecule has 5 nitrogen and oxygen atoms in total. The topological polar surface area (TPSA) is 62.9 Å². The monoisotopic (exact) mass is 239 g/mol. The largest absolute Gasteiger partial charge is 0.475 e. The highest BCUT2D eigenvalue weighted by Gasteiger charge is 2.21. The molecule has 0 bridgehead atoms. The molecular weight excluding hydrogens is 222 g/mol. The van der Waals surface area contributed by atoms with Crippen molar-refractivity contribution < 1.29 is 19.1 Å².